The van der Waals surface area contributed by atoms with Crippen molar-refractivity contribution in [2.75, 3.05) is 0 Å². The molecule has 1 aliphatic carbocycles. The highest BCUT2D eigenvalue weighted by atomic mass is 32.2. The molecule has 0 bridgehead atoms. The number of para-hydroxylation sites is 1. The zero-order chi connectivity index (χ0) is 33.5. The fourth-order valence-electron chi connectivity index (χ4n) is 8.64. The van der Waals surface area contributed by atoms with Crippen LogP contribution in [0.2, 0.25) is 0 Å². The maximum Gasteiger partial charge on any atom is 0.0562 e. The van der Waals surface area contributed by atoms with Crippen LogP contribution >= 0.6 is 11.8 Å². The van der Waals surface area contributed by atoms with Gasteiger partial charge in [0.2, 0.25) is 0 Å². The second-order valence-electron chi connectivity index (χ2n) is 13.7. The molecule has 0 saturated carbocycles. The zero-order valence-electron chi connectivity index (χ0n) is 27.8. The molecule has 0 spiro atoms. The van der Waals surface area contributed by atoms with Gasteiger partial charge in [0.05, 0.1) is 22.2 Å². The van der Waals surface area contributed by atoms with E-state index in [1.54, 1.807) is 0 Å². The predicted octanol–water partition coefficient (Wildman–Crippen LogP) is 12.7. The fraction of sp³-hybridized carbons (Fsp3) is 0.0417. The third-order valence-corrected chi connectivity index (χ3v) is 12.2. The lowest BCUT2D eigenvalue weighted by Crippen LogP contribution is -2.14. The van der Waals surface area contributed by atoms with Crippen LogP contribution in [0.15, 0.2) is 181 Å². The first-order chi connectivity index (χ1) is 25.3. The summed E-state index contributed by atoms with van der Waals surface area (Å²) < 4.78 is 4.99. The largest absolute Gasteiger partial charge is 0.309 e. The van der Waals surface area contributed by atoms with Crippen molar-refractivity contribution in [2.24, 2.45) is 0 Å². The quantitative estimate of drug-likeness (QED) is 0.181. The number of rotatable bonds is 4. The van der Waals surface area contributed by atoms with Crippen LogP contribution in [-0.2, 0) is 0 Å². The Morgan fingerprint density at radius 3 is 1.78 bits per heavy atom. The van der Waals surface area contributed by atoms with E-state index in [1.165, 1.54) is 82.4 Å². The number of hydrogen-bond donors (Lipinski definition) is 0. The van der Waals surface area contributed by atoms with E-state index in [1.807, 2.05) is 11.8 Å². The second-order valence-corrected chi connectivity index (χ2v) is 14.9. The average Bonchev–Trinajstić information content (AvgIpc) is 3.85. The topological polar surface area (TPSA) is 9.86 Å². The first-order valence-electron chi connectivity index (χ1n) is 17.7. The van der Waals surface area contributed by atoms with Gasteiger partial charge in [-0.15, -0.1) is 11.8 Å². The Hall–Kier alpha value is -6.03. The Balaban J connectivity index is 1.23. The molecule has 0 fully saturated rings. The van der Waals surface area contributed by atoms with Crippen LogP contribution in [0.5, 0.6) is 0 Å². The number of aromatic nitrogens is 2. The normalized spacial score (nSPS) is 16.1. The molecule has 2 aliphatic rings. The van der Waals surface area contributed by atoms with E-state index < -0.39 is 0 Å². The van der Waals surface area contributed by atoms with E-state index >= 15 is 0 Å². The van der Waals surface area contributed by atoms with Crippen LogP contribution in [0.25, 0.3) is 72.4 Å². The van der Waals surface area contributed by atoms with Crippen LogP contribution in [0, 0.1) is 0 Å². The Morgan fingerprint density at radius 2 is 1.04 bits per heavy atom. The third-order valence-electron chi connectivity index (χ3n) is 10.9. The van der Waals surface area contributed by atoms with Crippen molar-refractivity contribution in [2.45, 2.75) is 16.1 Å². The number of benzene rings is 7. The van der Waals surface area contributed by atoms with Gasteiger partial charge in [-0.25, -0.2) is 0 Å². The van der Waals surface area contributed by atoms with E-state index in [0.717, 1.165) is 5.69 Å². The Bertz CT molecular complexity index is 2840. The van der Waals surface area contributed by atoms with Crippen molar-refractivity contribution in [3.05, 3.63) is 193 Å². The summed E-state index contributed by atoms with van der Waals surface area (Å²) in [6, 6.07) is 62.3. The molecule has 2 nitrogen and oxygen atoms in total. The molecule has 2 unspecified atom stereocenters. The monoisotopic (exact) mass is 668 g/mol. The minimum Gasteiger partial charge on any atom is -0.309 e. The first-order valence-corrected chi connectivity index (χ1v) is 18.6. The highest BCUT2D eigenvalue weighted by molar-refractivity contribution is 8.00. The molecule has 51 heavy (non-hydrogen) atoms. The molecule has 1 aliphatic heterocycles. The van der Waals surface area contributed by atoms with Crippen LogP contribution in [0.1, 0.15) is 22.7 Å². The van der Waals surface area contributed by atoms with Crippen molar-refractivity contribution >= 4 is 50.5 Å². The molecule has 9 aromatic rings. The molecule has 0 N–H and O–H groups in total. The summed E-state index contributed by atoms with van der Waals surface area (Å²) in [7, 11) is 0. The molecule has 3 heteroatoms. The van der Waals surface area contributed by atoms with Gasteiger partial charge in [-0.05, 0) is 88.0 Å². The maximum atomic E-state index is 2.53. The summed E-state index contributed by atoms with van der Waals surface area (Å²) >= 11 is 2.00. The summed E-state index contributed by atoms with van der Waals surface area (Å²) in [5.41, 5.74) is 15.0. The van der Waals surface area contributed by atoms with Gasteiger partial charge in [-0.3, -0.25) is 0 Å². The van der Waals surface area contributed by atoms with Gasteiger partial charge < -0.3 is 9.13 Å². The third kappa shape index (κ3) is 4.38. The molecule has 240 valence electrons. The highest BCUT2D eigenvalue weighted by Gasteiger charge is 2.39. The molecule has 0 radical (unpaired) electrons. The van der Waals surface area contributed by atoms with Crippen molar-refractivity contribution in [3.8, 4) is 33.6 Å². The van der Waals surface area contributed by atoms with Crippen molar-refractivity contribution in [1.82, 2.24) is 9.13 Å². The van der Waals surface area contributed by atoms with Gasteiger partial charge in [-0.2, -0.15) is 0 Å². The summed E-state index contributed by atoms with van der Waals surface area (Å²) in [5, 5.41) is 4.27. The molecular formula is C48H32N2S. The molecule has 0 saturated heterocycles. The SMILES string of the molecule is C1=CC2Sc3ccccc3C2c2c1n(-c1cccc(-c3ccccc3)c1)c1cc3c(cc21)c1ccccc1n3-c1cccc(-c2ccccc2)c1. The lowest BCUT2D eigenvalue weighted by Gasteiger charge is -2.23. The summed E-state index contributed by atoms with van der Waals surface area (Å²) in [6.45, 7) is 0. The molecular weight excluding hydrogens is 637 g/mol. The van der Waals surface area contributed by atoms with Crippen molar-refractivity contribution in [1.29, 1.82) is 0 Å². The highest BCUT2D eigenvalue weighted by Crippen LogP contribution is 2.55. The summed E-state index contributed by atoms with van der Waals surface area (Å²) in [6.07, 6.45) is 4.84. The second kappa shape index (κ2) is 11.2. The minimum atomic E-state index is 0.292. The zero-order valence-corrected chi connectivity index (χ0v) is 28.6. The van der Waals surface area contributed by atoms with Gasteiger partial charge in [-0.1, -0.05) is 127 Å². The van der Waals surface area contributed by atoms with Crippen molar-refractivity contribution < 1.29 is 0 Å². The number of nitrogens with zero attached hydrogens (tertiary/aromatic N) is 2. The van der Waals surface area contributed by atoms with Gasteiger partial charge >= 0.3 is 0 Å². The maximum absolute atomic E-state index is 2.53. The number of fused-ring (bicyclic) bond motifs is 10. The first kappa shape index (κ1) is 28.8. The van der Waals surface area contributed by atoms with E-state index in [9.17, 15) is 0 Å². The smallest absolute Gasteiger partial charge is 0.0562 e. The lowest BCUT2D eigenvalue weighted by molar-refractivity contribution is 0.843. The predicted molar refractivity (Wildman–Crippen MR) is 215 cm³/mol. The van der Waals surface area contributed by atoms with Gasteiger partial charge in [0.1, 0.15) is 0 Å². The Labute approximate surface area is 300 Å². The molecule has 11 rings (SSSR count). The van der Waals surface area contributed by atoms with E-state index in [2.05, 4.69) is 191 Å². The van der Waals surface area contributed by atoms with E-state index in [4.69, 9.17) is 0 Å². The van der Waals surface area contributed by atoms with Crippen LogP contribution < -0.4 is 0 Å². The van der Waals surface area contributed by atoms with E-state index in [0.29, 0.717) is 11.2 Å². The van der Waals surface area contributed by atoms with Gasteiger partial charge in [0.25, 0.3) is 0 Å². The minimum absolute atomic E-state index is 0.292. The average molecular weight is 669 g/mol. The van der Waals surface area contributed by atoms with Gasteiger partial charge in [0, 0.05) is 43.6 Å². The Kier molecular flexibility index (Phi) is 6.34. The van der Waals surface area contributed by atoms with Crippen LogP contribution in [0.4, 0.5) is 0 Å². The van der Waals surface area contributed by atoms with E-state index in [-0.39, 0.29) is 0 Å². The molecule has 7 aromatic carbocycles. The number of hydrogen-bond acceptors (Lipinski definition) is 1. The molecule has 2 atom stereocenters. The molecule has 2 aromatic heterocycles. The lowest BCUT2D eigenvalue weighted by atomic mass is 9.83. The molecule has 0 amide bonds. The molecule has 3 heterocycles. The standard InChI is InChI=1S/C48H32N2S/c1-3-13-31(14-4-1)33-17-11-19-35(27-33)49-41-23-9-7-21-37(41)39-29-40-44(30-43(39)49)50(36-20-12-18-34(28-36)32-15-5-2-6-16-32)42-25-26-46-48(47(40)42)38-22-8-10-24-45(38)51-46/h1-30,46,48H. The number of thioether (sulfide) groups is 1. The summed E-state index contributed by atoms with van der Waals surface area (Å²) in [4.78, 5) is 1.40. The van der Waals surface area contributed by atoms with Crippen LogP contribution in [0.3, 0.4) is 0 Å². The Morgan fingerprint density at radius 1 is 0.431 bits per heavy atom. The summed E-state index contributed by atoms with van der Waals surface area (Å²) in [5.74, 6) is 0.292. The van der Waals surface area contributed by atoms with Crippen LogP contribution in [-0.4, -0.2) is 14.4 Å². The fourth-order valence-corrected chi connectivity index (χ4v) is 10.0. The van der Waals surface area contributed by atoms with Crippen molar-refractivity contribution in [3.63, 3.8) is 0 Å². The van der Waals surface area contributed by atoms with Gasteiger partial charge in [0.15, 0.2) is 0 Å².